The average molecular weight is 675 g/mol. The number of anilines is 1. The van der Waals surface area contributed by atoms with Crippen molar-refractivity contribution >= 4 is 39.7 Å². The maximum absolute atomic E-state index is 13.8. The van der Waals surface area contributed by atoms with Gasteiger partial charge in [-0.25, -0.2) is 4.98 Å². The number of aliphatic hydroxyl groups excluding tert-OH is 1. The maximum Gasteiger partial charge on any atom is 0.301 e. The predicted molar refractivity (Wildman–Crippen MR) is 187 cm³/mol. The third-order valence-corrected chi connectivity index (χ3v) is 9.37. The minimum atomic E-state index is -1.08. The molecule has 9 nitrogen and oxygen atoms in total. The second-order valence-corrected chi connectivity index (χ2v) is 12.6. The molecule has 10 heteroatoms. The number of benzene rings is 4. The molecular formula is C39H34N2O7S. The molecular weight excluding hydrogens is 641 g/mol. The highest BCUT2D eigenvalue weighted by atomic mass is 32.1. The number of aliphatic hydroxyl groups is 1. The molecule has 6 rings (SSSR count). The van der Waals surface area contributed by atoms with Crippen molar-refractivity contribution in [2.75, 3.05) is 12.0 Å². The number of ketones is 2. The number of nitrogens with zero attached hydrogens (tertiary/aromatic N) is 2. The fraction of sp³-hybridized carbons (Fsp3) is 0.179. The summed E-state index contributed by atoms with van der Waals surface area (Å²) in [5.41, 5.74) is 4.22. The smallest absolute Gasteiger partial charge is 0.301 e. The van der Waals surface area contributed by atoms with E-state index in [9.17, 15) is 19.5 Å². The number of amides is 1. The summed E-state index contributed by atoms with van der Waals surface area (Å²) in [7, 11) is 1.50. The molecule has 49 heavy (non-hydrogen) atoms. The molecule has 0 radical (unpaired) electrons. The maximum atomic E-state index is 13.8. The summed E-state index contributed by atoms with van der Waals surface area (Å²) in [5.74, 6) is -0.938. The van der Waals surface area contributed by atoms with Gasteiger partial charge in [0.2, 0.25) is 0 Å². The highest BCUT2D eigenvalue weighted by Gasteiger charge is 2.48. The molecule has 0 spiro atoms. The first-order valence-corrected chi connectivity index (χ1v) is 16.4. The SMILES string of the molecule is COc1cc(C2C(=C(O)c3ccc(OCc4cccc(C)c4)cc3)C(=O)C(=O)N2c2nc(C)c(C(C)=O)s2)ccc1OCc1ccccc1. The Hall–Kier alpha value is -5.74. The van der Waals surface area contributed by atoms with Crippen molar-refractivity contribution < 1.29 is 33.7 Å². The van der Waals surface area contributed by atoms with E-state index in [4.69, 9.17) is 14.2 Å². The van der Waals surface area contributed by atoms with Gasteiger partial charge in [-0.2, -0.15) is 0 Å². The molecule has 1 unspecified atom stereocenters. The molecule has 5 aromatic rings. The van der Waals surface area contributed by atoms with Crippen molar-refractivity contribution in [3.63, 3.8) is 0 Å². The molecule has 4 aromatic carbocycles. The number of ether oxygens (including phenoxy) is 3. The van der Waals surface area contributed by atoms with Crippen molar-refractivity contribution in [3.05, 3.63) is 141 Å². The Morgan fingerprint density at radius 3 is 2.24 bits per heavy atom. The van der Waals surface area contributed by atoms with Gasteiger partial charge in [-0.05, 0) is 66.9 Å². The normalized spacial score (nSPS) is 15.3. The summed E-state index contributed by atoms with van der Waals surface area (Å²) in [4.78, 5) is 45.9. The molecule has 0 saturated carbocycles. The molecule has 1 fully saturated rings. The summed E-state index contributed by atoms with van der Waals surface area (Å²) in [5, 5.41) is 11.8. The summed E-state index contributed by atoms with van der Waals surface area (Å²) >= 11 is 1.02. The molecule has 1 N–H and O–H groups in total. The predicted octanol–water partition coefficient (Wildman–Crippen LogP) is 7.76. The van der Waals surface area contributed by atoms with E-state index in [1.54, 1.807) is 49.4 Å². The van der Waals surface area contributed by atoms with Crippen LogP contribution in [-0.4, -0.2) is 34.7 Å². The first-order chi connectivity index (χ1) is 23.6. The number of thiazole rings is 1. The van der Waals surface area contributed by atoms with Crippen LogP contribution in [0.3, 0.4) is 0 Å². The van der Waals surface area contributed by atoms with Gasteiger partial charge in [0.05, 0.1) is 29.3 Å². The Labute approximate surface area is 288 Å². The first-order valence-electron chi connectivity index (χ1n) is 15.6. The van der Waals surface area contributed by atoms with Crippen LogP contribution in [0, 0.1) is 13.8 Å². The van der Waals surface area contributed by atoms with Crippen LogP contribution in [0.2, 0.25) is 0 Å². The zero-order valence-corrected chi connectivity index (χ0v) is 28.2. The number of Topliss-reactive ketones (excluding diaryl/α,β-unsaturated/α-hetero) is 2. The van der Waals surface area contributed by atoms with Crippen LogP contribution >= 0.6 is 11.3 Å². The minimum absolute atomic E-state index is 0.129. The van der Waals surface area contributed by atoms with Gasteiger partial charge in [0.15, 0.2) is 22.4 Å². The molecule has 248 valence electrons. The second-order valence-electron chi connectivity index (χ2n) is 11.6. The van der Waals surface area contributed by atoms with E-state index in [2.05, 4.69) is 4.98 Å². The number of carbonyl (C=O) groups is 3. The number of methoxy groups -OCH3 is 1. The molecule has 1 aliphatic heterocycles. The largest absolute Gasteiger partial charge is 0.507 e. The highest BCUT2D eigenvalue weighted by molar-refractivity contribution is 7.18. The van der Waals surface area contributed by atoms with Crippen LogP contribution in [0.25, 0.3) is 5.76 Å². The number of aromatic nitrogens is 1. The molecule has 1 atom stereocenters. The lowest BCUT2D eigenvalue weighted by Gasteiger charge is -2.24. The fourth-order valence-corrected chi connectivity index (χ4v) is 6.69. The lowest BCUT2D eigenvalue weighted by atomic mass is 9.95. The average Bonchev–Trinajstić information content (AvgIpc) is 3.62. The van der Waals surface area contributed by atoms with Gasteiger partial charge in [0.1, 0.15) is 24.7 Å². The topological polar surface area (TPSA) is 115 Å². The first kappa shape index (κ1) is 33.2. The van der Waals surface area contributed by atoms with Gasteiger partial charge in [0, 0.05) is 12.5 Å². The quantitative estimate of drug-likeness (QED) is 0.0655. The van der Waals surface area contributed by atoms with Gasteiger partial charge < -0.3 is 19.3 Å². The van der Waals surface area contributed by atoms with Crippen molar-refractivity contribution in [1.82, 2.24) is 4.98 Å². The van der Waals surface area contributed by atoms with Crippen LogP contribution in [0.1, 0.15) is 56.1 Å². The van der Waals surface area contributed by atoms with Crippen LogP contribution in [0.5, 0.6) is 17.2 Å². The third kappa shape index (κ3) is 6.95. The monoisotopic (exact) mass is 674 g/mol. The van der Waals surface area contributed by atoms with Crippen LogP contribution < -0.4 is 19.1 Å². The van der Waals surface area contributed by atoms with Crippen molar-refractivity contribution in [2.45, 2.75) is 40.0 Å². The Morgan fingerprint density at radius 2 is 1.57 bits per heavy atom. The number of hydrogen-bond acceptors (Lipinski definition) is 9. The number of rotatable bonds is 11. The lowest BCUT2D eigenvalue weighted by Crippen LogP contribution is -2.29. The minimum Gasteiger partial charge on any atom is -0.507 e. The molecule has 1 amide bonds. The summed E-state index contributed by atoms with van der Waals surface area (Å²) in [6, 6.07) is 28.3. The lowest BCUT2D eigenvalue weighted by molar-refractivity contribution is -0.132. The van der Waals surface area contributed by atoms with E-state index in [0.717, 1.165) is 28.0 Å². The molecule has 2 heterocycles. The van der Waals surface area contributed by atoms with Crippen LogP contribution in [0.4, 0.5) is 5.13 Å². The zero-order chi connectivity index (χ0) is 34.7. The number of aryl methyl sites for hydroxylation is 2. The Kier molecular flexibility index (Phi) is 9.59. The Bertz CT molecular complexity index is 2070. The molecule has 1 aromatic heterocycles. The summed E-state index contributed by atoms with van der Waals surface area (Å²) in [6.07, 6.45) is 0. The summed E-state index contributed by atoms with van der Waals surface area (Å²) < 4.78 is 17.7. The molecule has 1 saturated heterocycles. The molecule has 0 bridgehead atoms. The summed E-state index contributed by atoms with van der Waals surface area (Å²) in [6.45, 7) is 5.77. The van der Waals surface area contributed by atoms with E-state index in [1.165, 1.54) is 18.9 Å². The van der Waals surface area contributed by atoms with Gasteiger partial charge in [-0.3, -0.25) is 19.3 Å². The van der Waals surface area contributed by atoms with Gasteiger partial charge >= 0.3 is 5.91 Å². The van der Waals surface area contributed by atoms with E-state index >= 15 is 0 Å². The van der Waals surface area contributed by atoms with E-state index < -0.39 is 17.7 Å². The van der Waals surface area contributed by atoms with Crippen molar-refractivity contribution in [3.8, 4) is 17.2 Å². The van der Waals surface area contributed by atoms with Crippen molar-refractivity contribution in [2.24, 2.45) is 0 Å². The van der Waals surface area contributed by atoms with E-state index in [-0.39, 0.29) is 22.2 Å². The fourth-order valence-electron chi connectivity index (χ4n) is 5.70. The Balaban J connectivity index is 1.38. The number of hydrogen-bond donors (Lipinski definition) is 1. The zero-order valence-electron chi connectivity index (χ0n) is 27.4. The van der Waals surface area contributed by atoms with E-state index in [1.807, 2.05) is 61.5 Å². The van der Waals surface area contributed by atoms with Crippen LogP contribution in [-0.2, 0) is 22.8 Å². The standard InChI is InChI=1S/C39H34N2O7S/c1-23-9-8-12-27(19-23)22-47-30-16-13-28(14-17-30)35(43)33-34(41(38(45)36(33)44)39-40-24(2)37(49-39)25(3)42)29-15-18-31(32(20-29)46-4)48-21-26-10-6-5-7-11-26/h5-20,34,43H,21-22H2,1-4H3. The number of carbonyl (C=O) groups excluding carboxylic acids is 3. The van der Waals surface area contributed by atoms with E-state index in [0.29, 0.717) is 52.2 Å². The molecule has 0 aliphatic carbocycles. The van der Waals surface area contributed by atoms with Crippen molar-refractivity contribution in [1.29, 1.82) is 0 Å². The van der Waals surface area contributed by atoms with Gasteiger partial charge in [-0.1, -0.05) is 77.6 Å². The molecule has 1 aliphatic rings. The van der Waals surface area contributed by atoms with Gasteiger partial charge in [0.25, 0.3) is 5.78 Å². The highest BCUT2D eigenvalue weighted by Crippen LogP contribution is 2.45. The second kappa shape index (κ2) is 14.2. The Morgan fingerprint density at radius 1 is 0.857 bits per heavy atom. The van der Waals surface area contributed by atoms with Gasteiger partial charge in [-0.15, -0.1) is 0 Å². The third-order valence-electron chi connectivity index (χ3n) is 8.11. The van der Waals surface area contributed by atoms with Crippen LogP contribution in [0.15, 0.2) is 103 Å².